The van der Waals surface area contributed by atoms with E-state index in [1.807, 2.05) is 49.4 Å². The van der Waals surface area contributed by atoms with Gasteiger partial charge in [0.1, 0.15) is 6.61 Å². The summed E-state index contributed by atoms with van der Waals surface area (Å²) >= 11 is 0. The molecule has 1 saturated carbocycles. The van der Waals surface area contributed by atoms with E-state index >= 15 is 0 Å². The molecule has 8 nitrogen and oxygen atoms in total. The van der Waals surface area contributed by atoms with Crippen LogP contribution in [0.3, 0.4) is 0 Å². The summed E-state index contributed by atoms with van der Waals surface area (Å²) in [5.74, 6) is -1.92. The zero-order chi connectivity index (χ0) is 32.5. The minimum atomic E-state index is -0.922. The zero-order valence-electron chi connectivity index (χ0n) is 26.3. The third kappa shape index (κ3) is 6.02. The molecule has 7 rings (SSSR count). The fourth-order valence-electron chi connectivity index (χ4n) is 7.36. The second-order valence-electron chi connectivity index (χ2n) is 12.4. The number of aromatic nitrogens is 3. The van der Waals surface area contributed by atoms with Crippen LogP contribution < -0.4 is 0 Å². The SMILES string of the molecule is CCOC(=O)[C@H]1CC[C@H](c2c(C3CCOCC3)n(-c3ccc(F)c(F)c3)c3cc4cnn(C(=O)OCc5ccccc5)c4cc32)CC1. The number of carbonyl (C=O) groups excluding carboxylic acids is 2. The Labute approximate surface area is 271 Å². The van der Waals surface area contributed by atoms with Gasteiger partial charge in [0, 0.05) is 47.4 Å². The minimum absolute atomic E-state index is 0.103. The van der Waals surface area contributed by atoms with Crippen molar-refractivity contribution >= 4 is 33.9 Å². The Morgan fingerprint density at radius 3 is 2.36 bits per heavy atom. The first-order valence-electron chi connectivity index (χ1n) is 16.4. The van der Waals surface area contributed by atoms with Crippen molar-refractivity contribution in [1.29, 1.82) is 0 Å². The van der Waals surface area contributed by atoms with Crippen LogP contribution in [0.25, 0.3) is 27.5 Å². The van der Waals surface area contributed by atoms with Crippen molar-refractivity contribution in [3.05, 3.63) is 95.3 Å². The summed E-state index contributed by atoms with van der Waals surface area (Å²) in [5.41, 5.74) is 4.97. The molecule has 0 amide bonds. The summed E-state index contributed by atoms with van der Waals surface area (Å²) < 4.78 is 49.1. The quantitative estimate of drug-likeness (QED) is 0.167. The molecular formula is C37H37F2N3O5. The molecule has 47 heavy (non-hydrogen) atoms. The monoisotopic (exact) mass is 641 g/mol. The molecular weight excluding hydrogens is 604 g/mol. The number of carbonyl (C=O) groups is 2. The van der Waals surface area contributed by atoms with Gasteiger partial charge >= 0.3 is 12.1 Å². The molecule has 2 aliphatic rings. The molecule has 3 aromatic carbocycles. The Morgan fingerprint density at radius 1 is 0.872 bits per heavy atom. The number of ether oxygens (including phenoxy) is 3. The van der Waals surface area contributed by atoms with Crippen LogP contribution in [0.2, 0.25) is 0 Å². The van der Waals surface area contributed by atoms with Crippen LogP contribution in [0.5, 0.6) is 0 Å². The van der Waals surface area contributed by atoms with Crippen molar-refractivity contribution in [2.75, 3.05) is 19.8 Å². The molecule has 1 aliphatic carbocycles. The van der Waals surface area contributed by atoms with Gasteiger partial charge < -0.3 is 18.8 Å². The van der Waals surface area contributed by atoms with E-state index in [1.165, 1.54) is 10.7 Å². The van der Waals surface area contributed by atoms with Gasteiger partial charge in [-0.3, -0.25) is 4.79 Å². The summed E-state index contributed by atoms with van der Waals surface area (Å²) in [4.78, 5) is 25.9. The molecule has 1 aliphatic heterocycles. The molecule has 0 bridgehead atoms. The number of rotatable bonds is 7. The Bertz CT molecular complexity index is 1920. The Balaban J connectivity index is 1.38. The smallest absolute Gasteiger partial charge is 0.435 e. The first kappa shape index (κ1) is 31.1. The lowest BCUT2D eigenvalue weighted by Crippen LogP contribution is -2.24. The number of hydrogen-bond donors (Lipinski definition) is 0. The van der Waals surface area contributed by atoms with Gasteiger partial charge in [-0.2, -0.15) is 9.78 Å². The van der Waals surface area contributed by atoms with Crippen molar-refractivity contribution < 1.29 is 32.6 Å². The first-order chi connectivity index (χ1) is 22.9. The molecule has 5 aromatic rings. The average molecular weight is 642 g/mol. The molecule has 0 radical (unpaired) electrons. The summed E-state index contributed by atoms with van der Waals surface area (Å²) in [6, 6.07) is 17.4. The molecule has 0 spiro atoms. The van der Waals surface area contributed by atoms with Gasteiger partial charge in [0.15, 0.2) is 11.6 Å². The number of halogens is 2. The lowest BCUT2D eigenvalue weighted by molar-refractivity contribution is -0.149. The molecule has 2 fully saturated rings. The standard InChI is InChI=1S/C37H37F2N3O5/c1-2-46-36(43)26-10-8-24(9-11-26)34-29-20-32-27(21-40-42(32)37(44)47-22-23-6-4-3-5-7-23)18-33(29)41(28-12-13-30(38)31(39)19-28)35(34)25-14-16-45-17-15-25/h3-7,12-13,18-21,24-26H,2,8-11,14-17,22H2,1H3/t24-,26-. The fraction of sp³-hybridized carbons (Fsp3) is 0.378. The minimum Gasteiger partial charge on any atom is -0.466 e. The van der Waals surface area contributed by atoms with Crippen molar-refractivity contribution in [3.63, 3.8) is 0 Å². The number of hydrogen-bond acceptors (Lipinski definition) is 6. The van der Waals surface area contributed by atoms with Gasteiger partial charge in [-0.1, -0.05) is 30.3 Å². The largest absolute Gasteiger partial charge is 0.466 e. The predicted molar refractivity (Wildman–Crippen MR) is 173 cm³/mol. The van der Waals surface area contributed by atoms with Crippen LogP contribution in [0.15, 0.2) is 66.9 Å². The maximum Gasteiger partial charge on any atom is 0.435 e. The van der Waals surface area contributed by atoms with Crippen LogP contribution >= 0.6 is 0 Å². The first-order valence-corrected chi connectivity index (χ1v) is 16.4. The molecule has 0 N–H and O–H groups in total. The van der Waals surface area contributed by atoms with E-state index in [0.717, 1.165) is 59.5 Å². The predicted octanol–water partition coefficient (Wildman–Crippen LogP) is 8.17. The number of esters is 1. The third-order valence-corrected chi connectivity index (χ3v) is 9.64. The zero-order valence-corrected chi connectivity index (χ0v) is 26.3. The van der Waals surface area contributed by atoms with Crippen LogP contribution in [0.1, 0.15) is 74.1 Å². The van der Waals surface area contributed by atoms with Crippen LogP contribution in [-0.2, 0) is 25.6 Å². The second kappa shape index (κ2) is 13.3. The number of fused-ring (bicyclic) bond motifs is 2. The maximum absolute atomic E-state index is 14.8. The average Bonchev–Trinajstić information content (AvgIpc) is 3.67. The summed E-state index contributed by atoms with van der Waals surface area (Å²) in [6.07, 6.45) is 5.53. The van der Waals surface area contributed by atoms with E-state index < -0.39 is 17.7 Å². The number of nitrogens with zero attached hydrogens (tertiary/aromatic N) is 3. The van der Waals surface area contributed by atoms with Crippen LogP contribution in [0.4, 0.5) is 13.6 Å². The fourth-order valence-corrected chi connectivity index (χ4v) is 7.36. The molecule has 1 saturated heterocycles. The van der Waals surface area contributed by atoms with Gasteiger partial charge in [0.2, 0.25) is 0 Å². The van der Waals surface area contributed by atoms with E-state index in [2.05, 4.69) is 9.67 Å². The van der Waals surface area contributed by atoms with Crippen LogP contribution in [0, 0.1) is 17.6 Å². The Morgan fingerprint density at radius 2 is 1.64 bits per heavy atom. The van der Waals surface area contributed by atoms with Crippen LogP contribution in [-0.4, -0.2) is 46.2 Å². The lowest BCUT2D eigenvalue weighted by Gasteiger charge is -2.31. The molecule has 0 atom stereocenters. The Hall–Kier alpha value is -4.57. The van der Waals surface area contributed by atoms with E-state index in [4.69, 9.17) is 14.2 Å². The highest BCUT2D eigenvalue weighted by Gasteiger charge is 2.35. The lowest BCUT2D eigenvalue weighted by atomic mass is 9.76. The van der Waals surface area contributed by atoms with Gasteiger partial charge in [0.05, 0.1) is 29.8 Å². The molecule has 10 heteroatoms. The van der Waals surface area contributed by atoms with Gasteiger partial charge in [0.25, 0.3) is 0 Å². The molecule has 2 aromatic heterocycles. The second-order valence-corrected chi connectivity index (χ2v) is 12.4. The van der Waals surface area contributed by atoms with E-state index in [9.17, 15) is 18.4 Å². The number of benzene rings is 3. The molecule has 3 heterocycles. The molecule has 0 unspecified atom stereocenters. The van der Waals surface area contributed by atoms with Crippen molar-refractivity contribution in [3.8, 4) is 5.69 Å². The van der Waals surface area contributed by atoms with Gasteiger partial charge in [-0.25, -0.2) is 13.6 Å². The van der Waals surface area contributed by atoms with Crippen molar-refractivity contribution in [2.45, 2.75) is 63.9 Å². The Kier molecular flexibility index (Phi) is 8.77. The molecule has 244 valence electrons. The highest BCUT2D eigenvalue weighted by molar-refractivity contribution is 6.01. The summed E-state index contributed by atoms with van der Waals surface area (Å²) in [7, 11) is 0. The van der Waals surface area contributed by atoms with Crippen molar-refractivity contribution in [1.82, 2.24) is 14.3 Å². The van der Waals surface area contributed by atoms with E-state index in [-0.39, 0.29) is 30.3 Å². The van der Waals surface area contributed by atoms with E-state index in [1.54, 1.807) is 12.3 Å². The van der Waals surface area contributed by atoms with Crippen molar-refractivity contribution in [2.24, 2.45) is 5.92 Å². The van der Waals surface area contributed by atoms with E-state index in [0.29, 0.717) is 49.3 Å². The third-order valence-electron chi connectivity index (χ3n) is 9.64. The summed E-state index contributed by atoms with van der Waals surface area (Å²) in [5, 5.41) is 6.03. The van der Waals surface area contributed by atoms with Gasteiger partial charge in [-0.15, -0.1) is 0 Å². The topological polar surface area (TPSA) is 84.6 Å². The van der Waals surface area contributed by atoms with Gasteiger partial charge in [-0.05, 0) is 86.8 Å². The normalized spacial score (nSPS) is 18.9. The summed E-state index contributed by atoms with van der Waals surface area (Å²) in [6.45, 7) is 3.48. The maximum atomic E-state index is 14.8. The highest BCUT2D eigenvalue weighted by Crippen LogP contribution is 2.47. The highest BCUT2D eigenvalue weighted by atomic mass is 19.2.